The average molecular weight is 395 g/mol. The van der Waals surface area contributed by atoms with Crippen molar-refractivity contribution >= 4 is 29.7 Å². The molecule has 0 radical (unpaired) electrons. The summed E-state index contributed by atoms with van der Waals surface area (Å²) in [6.07, 6.45) is 5.24. The Balaban J connectivity index is 1.54. The summed E-state index contributed by atoms with van der Waals surface area (Å²) < 4.78 is 5.01. The van der Waals surface area contributed by atoms with Crippen LogP contribution in [0.4, 0.5) is 5.69 Å². The summed E-state index contributed by atoms with van der Waals surface area (Å²) in [5.41, 5.74) is 2.97. The molecule has 0 unspecified atom stereocenters. The highest BCUT2D eigenvalue weighted by molar-refractivity contribution is 6.33. The molecule has 29 heavy (non-hydrogen) atoms. The molecule has 0 spiro atoms. The van der Waals surface area contributed by atoms with Crippen molar-refractivity contribution in [3.63, 3.8) is 0 Å². The molecule has 3 rings (SSSR count). The van der Waals surface area contributed by atoms with Crippen molar-refractivity contribution in [1.82, 2.24) is 14.9 Å². The second kappa shape index (κ2) is 9.79. The second-order valence-electron chi connectivity index (χ2n) is 6.80. The summed E-state index contributed by atoms with van der Waals surface area (Å²) in [5, 5.41) is 7.32. The number of aromatic amines is 1. The minimum absolute atomic E-state index is 0.0984. The number of esters is 1. The maximum atomic E-state index is 10.8. The fourth-order valence-corrected chi connectivity index (χ4v) is 3.18. The number of allylic oxidation sites excluding steroid dienone is 1. The molecule has 0 saturated carbocycles. The highest BCUT2D eigenvalue weighted by atomic mass is 16.5. The van der Waals surface area contributed by atoms with E-state index in [0.717, 1.165) is 44.0 Å². The van der Waals surface area contributed by atoms with Crippen LogP contribution in [0.2, 0.25) is 0 Å². The van der Waals surface area contributed by atoms with Gasteiger partial charge in [-0.3, -0.25) is 19.9 Å². The smallest absolute Gasteiger partial charge is 0.302 e. The van der Waals surface area contributed by atoms with E-state index < -0.39 is 0 Å². The molecule has 2 aromatic rings. The molecular weight excluding hydrogens is 370 g/mol. The highest BCUT2D eigenvalue weighted by Crippen LogP contribution is 2.23. The van der Waals surface area contributed by atoms with Crippen molar-refractivity contribution in [2.24, 2.45) is 0 Å². The van der Waals surface area contributed by atoms with Crippen molar-refractivity contribution < 1.29 is 14.3 Å². The van der Waals surface area contributed by atoms with Gasteiger partial charge >= 0.3 is 5.97 Å². The third-order valence-corrected chi connectivity index (χ3v) is 4.77. The number of rotatable bonds is 8. The molecule has 0 bridgehead atoms. The van der Waals surface area contributed by atoms with Gasteiger partial charge in [0.1, 0.15) is 12.4 Å². The highest BCUT2D eigenvalue weighted by Gasteiger charge is 2.17. The van der Waals surface area contributed by atoms with Gasteiger partial charge in [-0.05, 0) is 29.8 Å². The molecule has 0 atom stereocenters. The molecule has 1 aromatic carbocycles. The fourth-order valence-electron chi connectivity index (χ4n) is 3.18. The number of aromatic nitrogens is 2. The van der Waals surface area contributed by atoms with Crippen molar-refractivity contribution in [1.29, 1.82) is 5.41 Å². The summed E-state index contributed by atoms with van der Waals surface area (Å²) >= 11 is 0. The molecule has 8 heteroatoms. The zero-order valence-electron chi connectivity index (χ0n) is 16.4. The summed E-state index contributed by atoms with van der Waals surface area (Å²) in [6.45, 7) is 6.39. The topological polar surface area (TPSA) is 102 Å². The molecule has 1 aliphatic rings. The van der Waals surface area contributed by atoms with E-state index in [2.05, 4.69) is 44.0 Å². The van der Waals surface area contributed by atoms with Crippen LogP contribution in [0, 0.1) is 5.41 Å². The van der Waals surface area contributed by atoms with E-state index in [1.54, 1.807) is 12.3 Å². The van der Waals surface area contributed by atoms with Gasteiger partial charge in [-0.15, -0.1) is 0 Å². The molecule has 1 aromatic heterocycles. The SMILES string of the molecule is CC(=O)OCCN1CCN(c2ccc(-c3cnc(/C=C\C(=N)C=O)[nH]3)cc2)CC1. The molecule has 0 aliphatic carbocycles. The van der Waals surface area contributed by atoms with Crippen molar-refractivity contribution in [2.75, 3.05) is 44.2 Å². The van der Waals surface area contributed by atoms with Crippen LogP contribution in [0.3, 0.4) is 0 Å². The number of ether oxygens (including phenoxy) is 1. The first-order valence-corrected chi connectivity index (χ1v) is 9.53. The number of nitrogens with one attached hydrogen (secondary N) is 2. The molecule has 1 saturated heterocycles. The van der Waals surface area contributed by atoms with Gasteiger partial charge in [0.25, 0.3) is 0 Å². The lowest BCUT2D eigenvalue weighted by molar-refractivity contribution is -0.141. The number of H-pyrrole nitrogens is 1. The van der Waals surface area contributed by atoms with Crippen molar-refractivity contribution in [3.8, 4) is 11.3 Å². The Morgan fingerprint density at radius 1 is 1.24 bits per heavy atom. The van der Waals surface area contributed by atoms with E-state index in [9.17, 15) is 9.59 Å². The third kappa shape index (κ3) is 5.86. The maximum Gasteiger partial charge on any atom is 0.302 e. The number of benzene rings is 1. The number of piperazine rings is 1. The van der Waals surface area contributed by atoms with Crippen LogP contribution < -0.4 is 4.90 Å². The van der Waals surface area contributed by atoms with Gasteiger partial charge < -0.3 is 14.6 Å². The predicted octanol–water partition coefficient (Wildman–Crippen LogP) is 1.99. The van der Waals surface area contributed by atoms with Gasteiger partial charge in [0.2, 0.25) is 0 Å². The van der Waals surface area contributed by atoms with Gasteiger partial charge in [-0.25, -0.2) is 4.98 Å². The van der Waals surface area contributed by atoms with E-state index in [1.165, 1.54) is 18.7 Å². The number of aldehydes is 1. The van der Waals surface area contributed by atoms with E-state index in [4.69, 9.17) is 10.1 Å². The van der Waals surface area contributed by atoms with Crippen LogP contribution in [-0.2, 0) is 14.3 Å². The van der Waals surface area contributed by atoms with Crippen LogP contribution in [0.1, 0.15) is 12.7 Å². The molecular formula is C21H25N5O3. The average Bonchev–Trinajstić information content (AvgIpc) is 3.21. The summed E-state index contributed by atoms with van der Waals surface area (Å²) in [4.78, 5) is 33.4. The molecule has 152 valence electrons. The standard InChI is InChI=1S/C21H25N5O3/c1-16(28)29-13-12-25-8-10-26(11-9-25)19-5-2-17(3-6-19)20-14-23-21(24-20)7-4-18(22)15-27/h2-7,14-15,22H,8-13H2,1H3,(H,23,24)/b7-4-,22-18?. The number of hydrogen-bond donors (Lipinski definition) is 2. The summed E-state index contributed by atoms with van der Waals surface area (Å²) in [7, 11) is 0. The van der Waals surface area contributed by atoms with Gasteiger partial charge in [0.15, 0.2) is 6.29 Å². The monoisotopic (exact) mass is 395 g/mol. The summed E-state index contributed by atoms with van der Waals surface area (Å²) in [5.74, 6) is 0.366. The number of imidazole rings is 1. The van der Waals surface area contributed by atoms with E-state index in [1.807, 2.05) is 0 Å². The minimum atomic E-state index is -0.232. The Hall–Kier alpha value is -3.26. The van der Waals surface area contributed by atoms with Crippen LogP contribution in [-0.4, -0.2) is 72.2 Å². The zero-order valence-corrected chi connectivity index (χ0v) is 16.4. The van der Waals surface area contributed by atoms with E-state index in [-0.39, 0.29) is 11.7 Å². The number of hydrogen-bond acceptors (Lipinski definition) is 7. The first-order chi connectivity index (χ1) is 14.0. The normalized spacial score (nSPS) is 14.9. The lowest BCUT2D eigenvalue weighted by Crippen LogP contribution is -2.47. The first kappa shape index (κ1) is 20.5. The third-order valence-electron chi connectivity index (χ3n) is 4.77. The second-order valence-corrected chi connectivity index (χ2v) is 6.80. The molecule has 8 nitrogen and oxygen atoms in total. The number of carbonyl (C=O) groups is 2. The Morgan fingerprint density at radius 2 is 1.97 bits per heavy atom. The molecule has 0 amide bonds. The maximum absolute atomic E-state index is 10.8. The van der Waals surface area contributed by atoms with Crippen LogP contribution >= 0.6 is 0 Å². The van der Waals surface area contributed by atoms with Crippen molar-refractivity contribution in [2.45, 2.75) is 6.92 Å². The zero-order chi connectivity index (χ0) is 20.6. The molecule has 1 fully saturated rings. The Bertz CT molecular complexity index is 880. The van der Waals surface area contributed by atoms with Crippen LogP contribution in [0.5, 0.6) is 0 Å². The van der Waals surface area contributed by atoms with Crippen LogP contribution in [0.15, 0.2) is 36.5 Å². The quantitative estimate of drug-likeness (QED) is 0.403. The Kier molecular flexibility index (Phi) is 6.91. The molecule has 2 heterocycles. The first-order valence-electron chi connectivity index (χ1n) is 9.53. The lowest BCUT2D eigenvalue weighted by Gasteiger charge is -2.36. The fraction of sp³-hybridized carbons (Fsp3) is 0.333. The van der Waals surface area contributed by atoms with Gasteiger partial charge in [0.05, 0.1) is 17.6 Å². The van der Waals surface area contributed by atoms with Crippen molar-refractivity contribution in [3.05, 3.63) is 42.4 Å². The Morgan fingerprint density at radius 3 is 2.62 bits per heavy atom. The predicted molar refractivity (Wildman–Crippen MR) is 112 cm³/mol. The summed E-state index contributed by atoms with van der Waals surface area (Å²) in [6, 6.07) is 8.30. The molecule has 1 aliphatic heterocycles. The van der Waals surface area contributed by atoms with Gasteiger partial charge in [0, 0.05) is 45.3 Å². The largest absolute Gasteiger partial charge is 0.465 e. The van der Waals surface area contributed by atoms with Crippen LogP contribution in [0.25, 0.3) is 17.3 Å². The van der Waals surface area contributed by atoms with E-state index in [0.29, 0.717) is 18.7 Å². The van der Waals surface area contributed by atoms with Gasteiger partial charge in [-0.2, -0.15) is 0 Å². The number of nitrogens with zero attached hydrogens (tertiary/aromatic N) is 3. The Labute approximate surface area is 169 Å². The van der Waals surface area contributed by atoms with Gasteiger partial charge in [-0.1, -0.05) is 12.1 Å². The van der Waals surface area contributed by atoms with E-state index >= 15 is 0 Å². The lowest BCUT2D eigenvalue weighted by atomic mass is 10.1. The molecule has 2 N–H and O–H groups in total. The number of anilines is 1. The minimum Gasteiger partial charge on any atom is -0.465 e. The number of carbonyl (C=O) groups excluding carboxylic acids is 2.